The second-order valence-corrected chi connectivity index (χ2v) is 9.48. The lowest BCUT2D eigenvalue weighted by Gasteiger charge is -2.41. The van der Waals surface area contributed by atoms with Gasteiger partial charge in [0, 0.05) is 18.1 Å². The van der Waals surface area contributed by atoms with E-state index < -0.39 is 0 Å². The fourth-order valence-electron chi connectivity index (χ4n) is 5.68. The fourth-order valence-corrected chi connectivity index (χ4v) is 5.68. The number of hydrogen-bond acceptors (Lipinski definition) is 2. The molecule has 2 bridgehead atoms. The first-order valence-corrected chi connectivity index (χ1v) is 8.71. The molecule has 2 saturated carbocycles. The van der Waals surface area contributed by atoms with E-state index in [4.69, 9.17) is 5.73 Å². The van der Waals surface area contributed by atoms with Crippen LogP contribution in [-0.2, 0) is 4.79 Å². The van der Waals surface area contributed by atoms with Crippen molar-refractivity contribution in [3.8, 4) is 0 Å². The topological polar surface area (TPSA) is 46.3 Å². The summed E-state index contributed by atoms with van der Waals surface area (Å²) in [4.78, 5) is 15.4. The first-order chi connectivity index (χ1) is 9.62. The van der Waals surface area contributed by atoms with Crippen LogP contribution in [0.3, 0.4) is 0 Å². The Labute approximate surface area is 129 Å². The van der Waals surface area contributed by atoms with Crippen molar-refractivity contribution in [2.75, 3.05) is 6.54 Å². The van der Waals surface area contributed by atoms with Gasteiger partial charge in [0.2, 0.25) is 5.91 Å². The number of carbonyl (C=O) groups is 1. The quantitative estimate of drug-likeness (QED) is 0.806. The summed E-state index contributed by atoms with van der Waals surface area (Å²) in [5.41, 5.74) is 6.85. The molecule has 3 aliphatic rings. The molecule has 3 rings (SSSR count). The van der Waals surface area contributed by atoms with E-state index >= 15 is 0 Å². The maximum atomic E-state index is 13.2. The summed E-state index contributed by atoms with van der Waals surface area (Å²) in [7, 11) is 0. The smallest absolute Gasteiger partial charge is 0.227 e. The van der Waals surface area contributed by atoms with Crippen molar-refractivity contribution in [3.05, 3.63) is 0 Å². The van der Waals surface area contributed by atoms with Crippen molar-refractivity contribution in [1.82, 2.24) is 4.90 Å². The molecule has 21 heavy (non-hydrogen) atoms. The number of carbonyl (C=O) groups excluding carboxylic acids is 1. The molecule has 0 spiro atoms. The van der Waals surface area contributed by atoms with Crippen molar-refractivity contribution in [2.24, 2.45) is 22.5 Å². The van der Waals surface area contributed by atoms with Gasteiger partial charge in [-0.05, 0) is 49.9 Å². The normalized spacial score (nSPS) is 45.7. The number of nitrogens with two attached hydrogens (primary N) is 1. The van der Waals surface area contributed by atoms with Gasteiger partial charge in [-0.15, -0.1) is 0 Å². The molecule has 0 radical (unpaired) electrons. The highest BCUT2D eigenvalue weighted by atomic mass is 16.2. The van der Waals surface area contributed by atoms with Gasteiger partial charge in [0.15, 0.2) is 0 Å². The van der Waals surface area contributed by atoms with Gasteiger partial charge >= 0.3 is 0 Å². The van der Waals surface area contributed by atoms with Gasteiger partial charge in [-0.1, -0.05) is 33.6 Å². The Morgan fingerprint density at radius 2 is 1.86 bits per heavy atom. The molecule has 2 aliphatic carbocycles. The molecule has 0 aromatic carbocycles. The second-order valence-electron chi connectivity index (χ2n) is 9.48. The van der Waals surface area contributed by atoms with Crippen LogP contribution in [-0.4, -0.2) is 28.9 Å². The third-order valence-electron chi connectivity index (χ3n) is 6.25. The van der Waals surface area contributed by atoms with Crippen LogP contribution >= 0.6 is 0 Å². The molecule has 0 aromatic heterocycles. The molecule has 4 atom stereocenters. The molecule has 1 heterocycles. The maximum Gasteiger partial charge on any atom is 0.227 e. The van der Waals surface area contributed by atoms with Gasteiger partial charge < -0.3 is 10.6 Å². The Morgan fingerprint density at radius 3 is 2.52 bits per heavy atom. The van der Waals surface area contributed by atoms with Gasteiger partial charge in [-0.2, -0.15) is 0 Å². The van der Waals surface area contributed by atoms with E-state index in [0.717, 1.165) is 32.2 Å². The van der Waals surface area contributed by atoms with Crippen LogP contribution in [0.15, 0.2) is 0 Å². The first kappa shape index (κ1) is 15.3. The summed E-state index contributed by atoms with van der Waals surface area (Å²) in [5.74, 6) is 0.392. The minimum atomic E-state index is -0.303. The van der Waals surface area contributed by atoms with Crippen molar-refractivity contribution in [2.45, 2.75) is 84.2 Å². The zero-order valence-corrected chi connectivity index (χ0v) is 14.2. The Morgan fingerprint density at radius 1 is 1.14 bits per heavy atom. The predicted octanol–water partition coefficient (Wildman–Crippen LogP) is 3.32. The molecule has 1 saturated heterocycles. The molecule has 120 valence electrons. The average molecular weight is 292 g/mol. The average Bonchev–Trinajstić information content (AvgIpc) is 2.57. The van der Waals surface area contributed by atoms with E-state index in [-0.39, 0.29) is 11.5 Å². The van der Waals surface area contributed by atoms with Crippen LogP contribution in [0.25, 0.3) is 0 Å². The zero-order valence-electron chi connectivity index (χ0n) is 14.2. The van der Waals surface area contributed by atoms with Crippen molar-refractivity contribution in [1.29, 1.82) is 0 Å². The van der Waals surface area contributed by atoms with Gasteiger partial charge in [0.25, 0.3) is 0 Å². The van der Waals surface area contributed by atoms with E-state index in [1.54, 1.807) is 0 Å². The van der Waals surface area contributed by atoms with Crippen molar-refractivity contribution < 1.29 is 4.79 Å². The number of amides is 1. The van der Waals surface area contributed by atoms with Gasteiger partial charge in [-0.25, -0.2) is 0 Å². The highest BCUT2D eigenvalue weighted by Crippen LogP contribution is 2.53. The van der Waals surface area contributed by atoms with Crippen LogP contribution in [0.5, 0.6) is 0 Å². The minimum absolute atomic E-state index is 0.0392. The summed E-state index contributed by atoms with van der Waals surface area (Å²) in [6.07, 6.45) is 7.89. The van der Waals surface area contributed by atoms with Gasteiger partial charge in [-0.3, -0.25) is 4.79 Å². The minimum Gasteiger partial charge on any atom is -0.339 e. The molecule has 3 fully saturated rings. The SMILES string of the molecule is CC1(C)CC2CC(C)(CN2C(=O)C2CCCCC2(C)N)C1. The lowest BCUT2D eigenvalue weighted by atomic mass is 9.65. The molecule has 3 nitrogen and oxygen atoms in total. The Kier molecular flexibility index (Phi) is 3.44. The zero-order chi connectivity index (χ0) is 15.5. The predicted molar refractivity (Wildman–Crippen MR) is 85.8 cm³/mol. The van der Waals surface area contributed by atoms with Crippen molar-refractivity contribution >= 4 is 5.91 Å². The number of likely N-dealkylation sites (tertiary alicyclic amines) is 1. The van der Waals surface area contributed by atoms with E-state index in [9.17, 15) is 4.79 Å². The highest BCUT2D eigenvalue weighted by molar-refractivity contribution is 5.81. The number of rotatable bonds is 1. The van der Waals surface area contributed by atoms with E-state index in [1.165, 1.54) is 19.3 Å². The van der Waals surface area contributed by atoms with Crippen molar-refractivity contribution in [3.63, 3.8) is 0 Å². The van der Waals surface area contributed by atoms with Gasteiger partial charge in [0.05, 0.1) is 5.92 Å². The molecular weight excluding hydrogens is 260 g/mol. The summed E-state index contributed by atoms with van der Waals surface area (Å²) in [6.45, 7) is 10.1. The van der Waals surface area contributed by atoms with E-state index in [2.05, 4.69) is 32.6 Å². The van der Waals surface area contributed by atoms with Crippen LogP contribution in [0.2, 0.25) is 0 Å². The van der Waals surface area contributed by atoms with Gasteiger partial charge in [0.1, 0.15) is 0 Å². The molecule has 1 amide bonds. The summed E-state index contributed by atoms with van der Waals surface area (Å²) < 4.78 is 0. The standard InChI is InChI=1S/C18H32N2O/c1-16(2)9-13-10-17(3,11-16)12-20(13)15(21)14-7-5-6-8-18(14,4)19/h13-14H,5-12,19H2,1-4H3. The first-order valence-electron chi connectivity index (χ1n) is 8.71. The fraction of sp³-hybridized carbons (Fsp3) is 0.944. The third kappa shape index (κ3) is 2.74. The Balaban J connectivity index is 1.80. The third-order valence-corrected chi connectivity index (χ3v) is 6.25. The van der Waals surface area contributed by atoms with Crippen LogP contribution < -0.4 is 5.73 Å². The summed E-state index contributed by atoms with van der Waals surface area (Å²) in [5, 5.41) is 0. The molecular formula is C18H32N2O. The molecule has 1 aliphatic heterocycles. The molecule has 0 aromatic rings. The monoisotopic (exact) mass is 292 g/mol. The molecule has 2 N–H and O–H groups in total. The lowest BCUT2D eigenvalue weighted by molar-refractivity contribution is -0.140. The Hall–Kier alpha value is -0.570. The maximum absolute atomic E-state index is 13.2. The summed E-state index contributed by atoms with van der Waals surface area (Å²) in [6, 6.07) is 0.448. The number of hydrogen-bond donors (Lipinski definition) is 1. The van der Waals surface area contributed by atoms with E-state index in [1.807, 2.05) is 0 Å². The lowest BCUT2D eigenvalue weighted by Crippen LogP contribution is -2.54. The van der Waals surface area contributed by atoms with Crippen LogP contribution in [0.4, 0.5) is 0 Å². The largest absolute Gasteiger partial charge is 0.339 e. The molecule has 4 unspecified atom stereocenters. The number of nitrogens with zero attached hydrogens (tertiary/aromatic N) is 1. The number of fused-ring (bicyclic) bond motifs is 2. The Bertz CT molecular complexity index is 442. The second kappa shape index (κ2) is 4.71. The highest BCUT2D eigenvalue weighted by Gasteiger charge is 2.53. The van der Waals surface area contributed by atoms with E-state index in [0.29, 0.717) is 22.8 Å². The van der Waals surface area contributed by atoms with Crippen LogP contribution in [0.1, 0.15) is 72.6 Å². The van der Waals surface area contributed by atoms with Crippen LogP contribution in [0, 0.1) is 16.7 Å². The summed E-state index contributed by atoms with van der Waals surface area (Å²) >= 11 is 0. The molecule has 3 heteroatoms.